The second kappa shape index (κ2) is 5.11. The lowest BCUT2D eigenvalue weighted by molar-refractivity contribution is -0.211. The van der Waals surface area contributed by atoms with Gasteiger partial charge in [-0.15, -0.1) is 5.06 Å². The molecule has 0 aromatic heterocycles. The third-order valence-electron chi connectivity index (χ3n) is 2.61. The Bertz CT molecular complexity index is 254. The summed E-state index contributed by atoms with van der Waals surface area (Å²) < 4.78 is 4.67. The van der Waals surface area contributed by atoms with Crippen molar-refractivity contribution in [3.8, 4) is 0 Å². The van der Waals surface area contributed by atoms with E-state index in [1.165, 1.54) is 14.0 Å². The van der Waals surface area contributed by atoms with E-state index in [1.807, 2.05) is 6.92 Å². The van der Waals surface area contributed by atoms with Crippen LogP contribution in [-0.4, -0.2) is 36.7 Å². The molecule has 0 spiro atoms. The van der Waals surface area contributed by atoms with Crippen LogP contribution in [0, 0.1) is 5.92 Å². The molecule has 86 valence electrons. The fraction of sp³-hybridized carbons (Fsp3) is 0.800. The smallest absolute Gasteiger partial charge is 0.322 e. The summed E-state index contributed by atoms with van der Waals surface area (Å²) in [6.45, 7) is 3.75. The molecule has 0 amide bonds. The molecule has 0 aliphatic carbocycles. The van der Waals surface area contributed by atoms with Gasteiger partial charge < -0.3 is 9.57 Å². The first-order chi connectivity index (χ1) is 7.04. The Kier molecular flexibility index (Phi) is 4.08. The average molecular weight is 215 g/mol. The fourth-order valence-corrected chi connectivity index (χ4v) is 1.73. The Morgan fingerprint density at radius 3 is 2.53 bits per heavy atom. The van der Waals surface area contributed by atoms with Crippen molar-refractivity contribution in [3.63, 3.8) is 0 Å². The second-order valence-corrected chi connectivity index (χ2v) is 3.83. The van der Waals surface area contributed by atoms with Crippen LogP contribution in [0.15, 0.2) is 0 Å². The molecule has 1 saturated heterocycles. The normalized spacial score (nSPS) is 27.1. The van der Waals surface area contributed by atoms with Gasteiger partial charge in [-0.2, -0.15) is 0 Å². The molecule has 0 bridgehead atoms. The minimum Gasteiger partial charge on any atom is -0.469 e. The van der Waals surface area contributed by atoms with E-state index in [1.54, 1.807) is 5.06 Å². The van der Waals surface area contributed by atoms with Crippen LogP contribution in [0.4, 0.5) is 0 Å². The van der Waals surface area contributed by atoms with E-state index in [2.05, 4.69) is 4.74 Å². The summed E-state index contributed by atoms with van der Waals surface area (Å²) in [6, 6.07) is 0.162. The summed E-state index contributed by atoms with van der Waals surface area (Å²) >= 11 is 0. The van der Waals surface area contributed by atoms with Crippen molar-refractivity contribution < 1.29 is 19.2 Å². The summed E-state index contributed by atoms with van der Waals surface area (Å²) in [7, 11) is 1.37. The van der Waals surface area contributed by atoms with E-state index in [0.717, 1.165) is 12.8 Å². The highest BCUT2D eigenvalue weighted by Crippen LogP contribution is 2.22. The van der Waals surface area contributed by atoms with E-state index in [9.17, 15) is 9.59 Å². The van der Waals surface area contributed by atoms with Gasteiger partial charge in [0.2, 0.25) is 0 Å². The lowest BCUT2D eigenvalue weighted by Crippen LogP contribution is -2.45. The molecule has 1 heterocycles. The van der Waals surface area contributed by atoms with Crippen LogP contribution in [-0.2, 0) is 19.2 Å². The predicted octanol–water partition coefficient (Wildman–Crippen LogP) is 0.738. The van der Waals surface area contributed by atoms with Crippen molar-refractivity contribution >= 4 is 11.9 Å². The topological polar surface area (TPSA) is 55.8 Å². The molecular weight excluding hydrogens is 198 g/mol. The molecular formula is C10H17NO4. The third-order valence-corrected chi connectivity index (χ3v) is 2.61. The maximum atomic E-state index is 11.3. The Labute approximate surface area is 89.3 Å². The number of esters is 1. The fourth-order valence-electron chi connectivity index (χ4n) is 1.73. The van der Waals surface area contributed by atoms with Crippen molar-refractivity contribution in [1.29, 1.82) is 0 Å². The first-order valence-electron chi connectivity index (χ1n) is 5.07. The van der Waals surface area contributed by atoms with Crippen LogP contribution in [0.25, 0.3) is 0 Å². The lowest BCUT2D eigenvalue weighted by Gasteiger charge is -2.34. The highest BCUT2D eigenvalue weighted by atomic mass is 16.7. The number of hydrogen-bond acceptors (Lipinski definition) is 5. The van der Waals surface area contributed by atoms with Crippen molar-refractivity contribution in [2.75, 3.05) is 13.7 Å². The van der Waals surface area contributed by atoms with Crippen LogP contribution in [0.2, 0.25) is 0 Å². The molecule has 0 radical (unpaired) electrons. The van der Waals surface area contributed by atoms with E-state index >= 15 is 0 Å². The summed E-state index contributed by atoms with van der Waals surface area (Å²) in [6.07, 6.45) is 1.61. The van der Waals surface area contributed by atoms with Gasteiger partial charge in [0.1, 0.15) is 0 Å². The van der Waals surface area contributed by atoms with Gasteiger partial charge in [0.25, 0.3) is 0 Å². The molecule has 0 aromatic rings. The number of ether oxygens (including phenoxy) is 1. The van der Waals surface area contributed by atoms with Crippen LogP contribution < -0.4 is 0 Å². The van der Waals surface area contributed by atoms with Crippen molar-refractivity contribution in [3.05, 3.63) is 0 Å². The quantitative estimate of drug-likeness (QED) is 0.636. The first kappa shape index (κ1) is 12.0. The zero-order valence-corrected chi connectivity index (χ0v) is 9.36. The van der Waals surface area contributed by atoms with Crippen LogP contribution in [0.3, 0.4) is 0 Å². The zero-order chi connectivity index (χ0) is 11.4. The zero-order valence-electron chi connectivity index (χ0n) is 9.36. The molecule has 2 atom stereocenters. The van der Waals surface area contributed by atoms with Gasteiger partial charge in [0, 0.05) is 19.5 Å². The van der Waals surface area contributed by atoms with Gasteiger partial charge in [0.05, 0.1) is 13.0 Å². The molecule has 15 heavy (non-hydrogen) atoms. The lowest BCUT2D eigenvalue weighted by atomic mass is 9.95. The molecule has 1 aliphatic heterocycles. The molecule has 5 nitrogen and oxygen atoms in total. The van der Waals surface area contributed by atoms with Gasteiger partial charge in [-0.05, 0) is 19.8 Å². The Hall–Kier alpha value is -1.10. The largest absolute Gasteiger partial charge is 0.469 e. The van der Waals surface area contributed by atoms with Gasteiger partial charge in [0.15, 0.2) is 0 Å². The average Bonchev–Trinajstić information content (AvgIpc) is 2.19. The Balaban J connectivity index is 2.55. The summed E-state index contributed by atoms with van der Waals surface area (Å²) in [5, 5.41) is 1.56. The van der Waals surface area contributed by atoms with E-state index in [-0.39, 0.29) is 23.9 Å². The molecule has 1 fully saturated rings. The maximum absolute atomic E-state index is 11.3. The van der Waals surface area contributed by atoms with Crippen molar-refractivity contribution in [1.82, 2.24) is 5.06 Å². The molecule has 1 rings (SSSR count). The number of hydrogen-bond donors (Lipinski definition) is 0. The van der Waals surface area contributed by atoms with Crippen LogP contribution >= 0.6 is 0 Å². The molecule has 2 unspecified atom stereocenters. The number of hydroxylamine groups is 2. The van der Waals surface area contributed by atoms with Crippen LogP contribution in [0.1, 0.15) is 26.7 Å². The number of rotatable bonds is 2. The second-order valence-electron chi connectivity index (χ2n) is 3.83. The van der Waals surface area contributed by atoms with Crippen molar-refractivity contribution in [2.45, 2.75) is 32.7 Å². The minimum atomic E-state index is -0.354. The predicted molar refractivity (Wildman–Crippen MR) is 52.7 cm³/mol. The van der Waals surface area contributed by atoms with Crippen LogP contribution in [0.5, 0.6) is 0 Å². The number of carbonyl (C=O) groups excluding carboxylic acids is 2. The molecule has 0 saturated carbocycles. The molecule has 5 heteroatoms. The molecule has 0 aromatic carbocycles. The Morgan fingerprint density at radius 2 is 2.00 bits per heavy atom. The van der Waals surface area contributed by atoms with E-state index in [4.69, 9.17) is 4.84 Å². The van der Waals surface area contributed by atoms with Gasteiger partial charge in [-0.3, -0.25) is 9.59 Å². The Morgan fingerprint density at radius 1 is 1.33 bits per heavy atom. The highest BCUT2D eigenvalue weighted by molar-refractivity contribution is 5.72. The number of methoxy groups -OCH3 is 1. The van der Waals surface area contributed by atoms with Crippen molar-refractivity contribution in [2.24, 2.45) is 5.92 Å². The number of nitrogens with zero attached hydrogens (tertiary/aromatic N) is 1. The highest BCUT2D eigenvalue weighted by Gasteiger charge is 2.32. The minimum absolute atomic E-state index is 0.162. The first-order valence-corrected chi connectivity index (χ1v) is 5.07. The van der Waals surface area contributed by atoms with E-state index < -0.39 is 0 Å². The monoisotopic (exact) mass is 215 g/mol. The number of piperidine rings is 1. The summed E-state index contributed by atoms with van der Waals surface area (Å²) in [5.41, 5.74) is 0. The van der Waals surface area contributed by atoms with Gasteiger partial charge in [-0.25, -0.2) is 0 Å². The third kappa shape index (κ3) is 3.20. The standard InChI is InChI=1S/C10H17NO4/c1-7-4-5-9(10(13)14-3)6-11(7)15-8(2)12/h7,9H,4-6H2,1-3H3. The molecule has 0 N–H and O–H groups in total. The molecule has 1 aliphatic rings. The SMILES string of the molecule is COC(=O)C1CCC(C)N(OC(C)=O)C1. The summed E-state index contributed by atoms with van der Waals surface area (Å²) in [5.74, 6) is -0.781. The van der Waals surface area contributed by atoms with Gasteiger partial charge in [-0.1, -0.05) is 0 Å². The van der Waals surface area contributed by atoms with Gasteiger partial charge >= 0.3 is 11.9 Å². The number of carbonyl (C=O) groups is 2. The summed E-state index contributed by atoms with van der Waals surface area (Å²) in [4.78, 5) is 27.2. The van der Waals surface area contributed by atoms with E-state index in [0.29, 0.717) is 6.54 Å². The maximum Gasteiger partial charge on any atom is 0.322 e.